The van der Waals surface area contributed by atoms with E-state index in [2.05, 4.69) is 20.6 Å². The predicted octanol–water partition coefficient (Wildman–Crippen LogP) is 0.645. The molecule has 7 heteroatoms. The highest BCUT2D eigenvalue weighted by Crippen LogP contribution is 2.20. The molecule has 0 unspecified atom stereocenters. The zero-order valence-corrected chi connectivity index (χ0v) is 9.72. The fourth-order valence-corrected chi connectivity index (χ4v) is 1.74. The zero-order chi connectivity index (χ0) is 12.5. The lowest BCUT2D eigenvalue weighted by molar-refractivity contribution is 0.762. The SMILES string of the molecule is Cn1cc(-n2nnnc2-c2cccc(N)c2)cn1. The van der Waals surface area contributed by atoms with Gasteiger partial charge in [-0.3, -0.25) is 4.68 Å². The van der Waals surface area contributed by atoms with E-state index in [9.17, 15) is 0 Å². The van der Waals surface area contributed by atoms with Crippen molar-refractivity contribution < 1.29 is 0 Å². The predicted molar refractivity (Wildman–Crippen MR) is 65.8 cm³/mol. The average molecular weight is 241 g/mol. The molecule has 0 spiro atoms. The van der Waals surface area contributed by atoms with Crippen LogP contribution in [0.1, 0.15) is 0 Å². The van der Waals surface area contributed by atoms with Crippen molar-refractivity contribution in [1.82, 2.24) is 30.0 Å². The van der Waals surface area contributed by atoms with E-state index in [1.54, 1.807) is 15.6 Å². The van der Waals surface area contributed by atoms with Crippen molar-refractivity contribution in [3.8, 4) is 17.1 Å². The maximum atomic E-state index is 5.76. The first-order valence-corrected chi connectivity index (χ1v) is 5.37. The van der Waals surface area contributed by atoms with Crippen LogP contribution in [-0.2, 0) is 7.05 Å². The maximum absolute atomic E-state index is 5.76. The van der Waals surface area contributed by atoms with E-state index in [1.165, 1.54) is 0 Å². The van der Waals surface area contributed by atoms with Crippen LogP contribution in [0.2, 0.25) is 0 Å². The van der Waals surface area contributed by atoms with Crippen molar-refractivity contribution in [1.29, 1.82) is 0 Å². The maximum Gasteiger partial charge on any atom is 0.187 e. The number of aromatic nitrogens is 6. The van der Waals surface area contributed by atoms with Gasteiger partial charge in [0.1, 0.15) is 5.69 Å². The van der Waals surface area contributed by atoms with Crippen LogP contribution in [-0.4, -0.2) is 30.0 Å². The van der Waals surface area contributed by atoms with E-state index in [0.717, 1.165) is 11.3 Å². The van der Waals surface area contributed by atoms with Gasteiger partial charge in [0.2, 0.25) is 0 Å². The molecular weight excluding hydrogens is 230 g/mol. The minimum Gasteiger partial charge on any atom is -0.399 e. The Hall–Kier alpha value is -2.70. The number of tetrazole rings is 1. The minimum atomic E-state index is 0.635. The second kappa shape index (κ2) is 3.95. The Kier molecular flexibility index (Phi) is 2.30. The standard InChI is InChI=1S/C11H11N7/c1-17-7-10(6-13-17)18-11(14-15-16-18)8-3-2-4-9(12)5-8/h2-7H,12H2,1H3. The number of anilines is 1. The number of benzene rings is 1. The van der Waals surface area contributed by atoms with Crippen LogP contribution in [0.15, 0.2) is 36.7 Å². The van der Waals surface area contributed by atoms with E-state index in [-0.39, 0.29) is 0 Å². The Morgan fingerprint density at radius 1 is 1.28 bits per heavy atom. The van der Waals surface area contributed by atoms with Crippen molar-refractivity contribution in [3.05, 3.63) is 36.7 Å². The van der Waals surface area contributed by atoms with Crippen LogP contribution in [0.4, 0.5) is 5.69 Å². The number of hydrogen-bond acceptors (Lipinski definition) is 5. The molecule has 0 saturated heterocycles. The highest BCUT2D eigenvalue weighted by atomic mass is 15.5. The Labute approximate surface area is 103 Å². The zero-order valence-electron chi connectivity index (χ0n) is 9.72. The van der Waals surface area contributed by atoms with Crippen molar-refractivity contribution in [2.45, 2.75) is 0 Å². The van der Waals surface area contributed by atoms with Gasteiger partial charge in [-0.2, -0.15) is 9.78 Å². The second-order valence-electron chi connectivity index (χ2n) is 3.91. The highest BCUT2D eigenvalue weighted by Gasteiger charge is 2.11. The number of hydrogen-bond donors (Lipinski definition) is 1. The molecule has 0 amide bonds. The number of nitrogens with zero attached hydrogens (tertiary/aromatic N) is 6. The van der Waals surface area contributed by atoms with Gasteiger partial charge in [0, 0.05) is 18.3 Å². The molecule has 3 rings (SSSR count). The van der Waals surface area contributed by atoms with Crippen LogP contribution in [0.3, 0.4) is 0 Å². The summed E-state index contributed by atoms with van der Waals surface area (Å²) in [6.07, 6.45) is 3.54. The third kappa shape index (κ3) is 1.71. The molecule has 2 N–H and O–H groups in total. The summed E-state index contributed by atoms with van der Waals surface area (Å²) in [5.74, 6) is 0.635. The number of nitrogen functional groups attached to an aromatic ring is 1. The van der Waals surface area contributed by atoms with Crippen LogP contribution < -0.4 is 5.73 Å². The molecule has 0 aliphatic heterocycles. The first-order chi connectivity index (χ1) is 8.74. The molecule has 0 saturated carbocycles. The Bertz CT molecular complexity index is 682. The molecule has 2 heterocycles. The summed E-state index contributed by atoms with van der Waals surface area (Å²) in [7, 11) is 1.84. The molecule has 0 bridgehead atoms. The van der Waals surface area contributed by atoms with Crippen LogP contribution in [0.5, 0.6) is 0 Å². The Morgan fingerprint density at radius 2 is 2.17 bits per heavy atom. The molecular formula is C11H11N7. The average Bonchev–Trinajstić information content (AvgIpc) is 2.96. The van der Waals surface area contributed by atoms with Gasteiger partial charge in [-0.05, 0) is 22.6 Å². The van der Waals surface area contributed by atoms with Gasteiger partial charge in [0.25, 0.3) is 0 Å². The van der Waals surface area contributed by atoms with Gasteiger partial charge in [0.05, 0.1) is 12.4 Å². The third-order valence-corrected chi connectivity index (χ3v) is 2.55. The number of rotatable bonds is 2. The lowest BCUT2D eigenvalue weighted by atomic mass is 10.2. The number of nitrogens with two attached hydrogens (primary N) is 1. The smallest absolute Gasteiger partial charge is 0.187 e. The normalized spacial score (nSPS) is 10.7. The molecule has 90 valence electrons. The van der Waals surface area contributed by atoms with Crippen LogP contribution in [0.25, 0.3) is 17.1 Å². The molecule has 0 fully saturated rings. The van der Waals surface area contributed by atoms with Gasteiger partial charge in [-0.25, -0.2) is 0 Å². The van der Waals surface area contributed by atoms with Gasteiger partial charge in [0.15, 0.2) is 5.82 Å². The van der Waals surface area contributed by atoms with Crippen molar-refractivity contribution in [3.63, 3.8) is 0 Å². The molecule has 0 radical (unpaired) electrons. The van der Waals surface area contributed by atoms with E-state index in [1.807, 2.05) is 37.5 Å². The number of aryl methyl sites for hydroxylation is 1. The third-order valence-electron chi connectivity index (χ3n) is 2.55. The fraction of sp³-hybridized carbons (Fsp3) is 0.0909. The molecule has 2 aromatic heterocycles. The van der Waals surface area contributed by atoms with Gasteiger partial charge in [-0.1, -0.05) is 12.1 Å². The highest BCUT2D eigenvalue weighted by molar-refractivity contribution is 5.62. The summed E-state index contributed by atoms with van der Waals surface area (Å²) in [6, 6.07) is 7.43. The summed E-state index contributed by atoms with van der Waals surface area (Å²) in [4.78, 5) is 0. The first kappa shape index (κ1) is 10.5. The molecule has 3 aromatic rings. The molecule has 0 atom stereocenters. The molecule has 18 heavy (non-hydrogen) atoms. The minimum absolute atomic E-state index is 0.635. The van der Waals surface area contributed by atoms with E-state index < -0.39 is 0 Å². The van der Waals surface area contributed by atoms with Crippen LogP contribution in [0, 0.1) is 0 Å². The van der Waals surface area contributed by atoms with E-state index in [0.29, 0.717) is 11.5 Å². The molecule has 0 aliphatic carbocycles. The molecule has 1 aromatic carbocycles. The topological polar surface area (TPSA) is 87.4 Å². The van der Waals surface area contributed by atoms with Gasteiger partial charge < -0.3 is 5.73 Å². The van der Waals surface area contributed by atoms with Crippen molar-refractivity contribution >= 4 is 5.69 Å². The lowest BCUT2D eigenvalue weighted by Crippen LogP contribution is -1.99. The summed E-state index contributed by atoms with van der Waals surface area (Å²) < 4.78 is 3.32. The van der Waals surface area contributed by atoms with Gasteiger partial charge in [-0.15, -0.1) is 5.10 Å². The monoisotopic (exact) mass is 241 g/mol. The van der Waals surface area contributed by atoms with Crippen LogP contribution >= 0.6 is 0 Å². The second-order valence-corrected chi connectivity index (χ2v) is 3.91. The van der Waals surface area contributed by atoms with E-state index >= 15 is 0 Å². The van der Waals surface area contributed by atoms with Crippen molar-refractivity contribution in [2.75, 3.05) is 5.73 Å². The largest absolute Gasteiger partial charge is 0.399 e. The van der Waals surface area contributed by atoms with Gasteiger partial charge >= 0.3 is 0 Å². The first-order valence-electron chi connectivity index (χ1n) is 5.37. The van der Waals surface area contributed by atoms with E-state index in [4.69, 9.17) is 5.73 Å². The summed E-state index contributed by atoms with van der Waals surface area (Å²) in [5, 5.41) is 15.8. The molecule has 0 aliphatic rings. The fourth-order valence-electron chi connectivity index (χ4n) is 1.74. The molecule has 7 nitrogen and oxygen atoms in total. The quantitative estimate of drug-likeness (QED) is 0.665. The summed E-state index contributed by atoms with van der Waals surface area (Å²) in [5.41, 5.74) is 8.11. The lowest BCUT2D eigenvalue weighted by Gasteiger charge is -2.02. The Morgan fingerprint density at radius 3 is 2.89 bits per heavy atom. The van der Waals surface area contributed by atoms with Crippen molar-refractivity contribution in [2.24, 2.45) is 7.05 Å². The Balaban J connectivity index is 2.12. The summed E-state index contributed by atoms with van der Waals surface area (Å²) >= 11 is 0. The summed E-state index contributed by atoms with van der Waals surface area (Å²) in [6.45, 7) is 0.